The van der Waals surface area contributed by atoms with E-state index >= 15 is 0 Å². The zero-order valence-electron chi connectivity index (χ0n) is 11.5. The van der Waals surface area contributed by atoms with Gasteiger partial charge in [0.15, 0.2) is 0 Å². The van der Waals surface area contributed by atoms with Gasteiger partial charge in [-0.2, -0.15) is 0 Å². The Hall–Kier alpha value is -0.120. The summed E-state index contributed by atoms with van der Waals surface area (Å²) >= 11 is 0. The molecule has 2 rings (SSSR count). The van der Waals surface area contributed by atoms with Crippen molar-refractivity contribution in [3.05, 3.63) is 0 Å². The second-order valence-electron chi connectivity index (χ2n) is 6.36. The van der Waals surface area contributed by atoms with E-state index in [1.807, 2.05) is 0 Å². The van der Waals surface area contributed by atoms with Crippen molar-refractivity contribution < 1.29 is 9.84 Å². The van der Waals surface area contributed by atoms with Gasteiger partial charge >= 0.3 is 0 Å². The molecular weight excluding hydrogens is 214 g/mol. The third kappa shape index (κ3) is 2.83. The van der Waals surface area contributed by atoms with Crippen LogP contribution in [0.15, 0.2) is 0 Å². The number of methoxy groups -OCH3 is 1. The predicted octanol–water partition coefficient (Wildman–Crippen LogP) is 2.04. The van der Waals surface area contributed by atoms with Crippen molar-refractivity contribution >= 4 is 0 Å². The van der Waals surface area contributed by atoms with Crippen LogP contribution in [0.2, 0.25) is 0 Å². The number of aliphatic hydroxyl groups excluding tert-OH is 1. The van der Waals surface area contributed by atoms with Crippen molar-refractivity contribution in [2.45, 2.75) is 64.2 Å². The molecule has 0 bridgehead atoms. The van der Waals surface area contributed by atoms with Gasteiger partial charge in [-0.05, 0) is 31.1 Å². The van der Waals surface area contributed by atoms with Crippen LogP contribution in [0.4, 0.5) is 0 Å². The van der Waals surface area contributed by atoms with Crippen molar-refractivity contribution in [1.29, 1.82) is 0 Å². The minimum absolute atomic E-state index is 0.0843. The van der Waals surface area contributed by atoms with Crippen LogP contribution in [-0.4, -0.2) is 48.5 Å². The molecule has 1 aliphatic carbocycles. The molecule has 2 unspecified atom stereocenters. The molecule has 1 aliphatic heterocycles. The summed E-state index contributed by atoms with van der Waals surface area (Å²) in [5.41, 5.74) is 0.0843. The van der Waals surface area contributed by atoms with Gasteiger partial charge in [0.05, 0.1) is 12.2 Å². The summed E-state index contributed by atoms with van der Waals surface area (Å²) in [4.78, 5) is 2.49. The highest BCUT2D eigenvalue weighted by Crippen LogP contribution is 2.38. The molecule has 1 heterocycles. The van der Waals surface area contributed by atoms with E-state index in [9.17, 15) is 5.11 Å². The number of rotatable bonds is 2. The first kappa shape index (κ1) is 13.3. The molecule has 3 heteroatoms. The lowest BCUT2D eigenvalue weighted by Gasteiger charge is -2.47. The summed E-state index contributed by atoms with van der Waals surface area (Å²) in [7, 11) is 1.80. The van der Waals surface area contributed by atoms with Crippen LogP contribution in [-0.2, 0) is 4.74 Å². The van der Waals surface area contributed by atoms with Gasteiger partial charge in [0, 0.05) is 26.2 Å². The predicted molar refractivity (Wildman–Crippen MR) is 69.0 cm³/mol. The minimum Gasteiger partial charge on any atom is -0.391 e. The van der Waals surface area contributed by atoms with Crippen molar-refractivity contribution in [3.63, 3.8) is 0 Å². The van der Waals surface area contributed by atoms with Crippen molar-refractivity contribution in [1.82, 2.24) is 4.90 Å². The molecule has 3 nitrogen and oxygen atoms in total. The first-order valence-electron chi connectivity index (χ1n) is 6.99. The van der Waals surface area contributed by atoms with E-state index in [0.717, 1.165) is 38.8 Å². The largest absolute Gasteiger partial charge is 0.391 e. The van der Waals surface area contributed by atoms with Crippen LogP contribution in [0, 0.1) is 5.41 Å². The SMILES string of the molecule is COC1CCN(C2CCCC(C)(C)C2O)CC1. The first-order valence-corrected chi connectivity index (χ1v) is 6.99. The van der Waals surface area contributed by atoms with Crippen LogP contribution in [0.1, 0.15) is 46.0 Å². The maximum Gasteiger partial charge on any atom is 0.0746 e. The topological polar surface area (TPSA) is 32.7 Å². The molecule has 17 heavy (non-hydrogen) atoms. The Balaban J connectivity index is 1.94. The summed E-state index contributed by atoms with van der Waals surface area (Å²) in [6.07, 6.45) is 6.04. The highest BCUT2D eigenvalue weighted by Gasteiger charge is 2.41. The van der Waals surface area contributed by atoms with Gasteiger partial charge in [-0.1, -0.05) is 20.3 Å². The van der Waals surface area contributed by atoms with Crippen molar-refractivity contribution in [3.8, 4) is 0 Å². The number of nitrogens with zero attached hydrogens (tertiary/aromatic N) is 1. The maximum absolute atomic E-state index is 10.5. The lowest BCUT2D eigenvalue weighted by atomic mass is 9.72. The Morgan fingerprint density at radius 3 is 2.41 bits per heavy atom. The molecule has 2 aliphatic rings. The number of aliphatic hydroxyl groups is 1. The Labute approximate surface area is 105 Å². The monoisotopic (exact) mass is 241 g/mol. The van der Waals surface area contributed by atoms with Crippen LogP contribution in [0.25, 0.3) is 0 Å². The number of hydrogen-bond donors (Lipinski definition) is 1. The standard InChI is InChI=1S/C14H27NO2/c1-14(2)8-4-5-12(13(14)16)15-9-6-11(17-3)7-10-15/h11-13,16H,4-10H2,1-3H3. The average Bonchev–Trinajstić information content (AvgIpc) is 2.33. The Morgan fingerprint density at radius 1 is 1.18 bits per heavy atom. The second-order valence-corrected chi connectivity index (χ2v) is 6.36. The normalized spacial score (nSPS) is 36.0. The van der Waals surface area contributed by atoms with Gasteiger partial charge in [0.2, 0.25) is 0 Å². The summed E-state index contributed by atoms with van der Waals surface area (Å²) in [6.45, 7) is 6.56. The van der Waals surface area contributed by atoms with Gasteiger partial charge in [0.1, 0.15) is 0 Å². The van der Waals surface area contributed by atoms with Gasteiger partial charge in [0.25, 0.3) is 0 Å². The molecule has 2 atom stereocenters. The average molecular weight is 241 g/mol. The van der Waals surface area contributed by atoms with Crippen molar-refractivity contribution in [2.75, 3.05) is 20.2 Å². The summed E-state index contributed by atoms with van der Waals surface area (Å²) < 4.78 is 5.41. The van der Waals surface area contributed by atoms with E-state index in [2.05, 4.69) is 18.7 Å². The maximum atomic E-state index is 10.5. The molecule has 0 aromatic heterocycles. The lowest BCUT2D eigenvalue weighted by Crippen LogP contribution is -2.54. The molecule has 0 radical (unpaired) electrons. The highest BCUT2D eigenvalue weighted by molar-refractivity contribution is 4.94. The number of piperidine rings is 1. The number of likely N-dealkylation sites (tertiary alicyclic amines) is 1. The Kier molecular flexibility index (Phi) is 4.11. The third-order valence-corrected chi connectivity index (χ3v) is 4.77. The van der Waals surface area contributed by atoms with E-state index in [4.69, 9.17) is 4.74 Å². The van der Waals surface area contributed by atoms with Crippen LogP contribution < -0.4 is 0 Å². The van der Waals surface area contributed by atoms with Crippen LogP contribution in [0.5, 0.6) is 0 Å². The number of hydrogen-bond acceptors (Lipinski definition) is 3. The summed E-state index contributed by atoms with van der Waals surface area (Å²) in [6, 6.07) is 0.372. The molecule has 1 saturated carbocycles. The minimum atomic E-state index is -0.171. The van der Waals surface area contributed by atoms with Crippen LogP contribution >= 0.6 is 0 Å². The van der Waals surface area contributed by atoms with Gasteiger partial charge in [-0.3, -0.25) is 4.90 Å². The van der Waals surface area contributed by atoms with Crippen molar-refractivity contribution in [2.24, 2.45) is 5.41 Å². The van der Waals surface area contributed by atoms with Gasteiger partial charge in [-0.15, -0.1) is 0 Å². The Bertz CT molecular complexity index is 247. The fourth-order valence-corrected chi connectivity index (χ4v) is 3.42. The van der Waals surface area contributed by atoms with E-state index in [0.29, 0.717) is 12.1 Å². The highest BCUT2D eigenvalue weighted by atomic mass is 16.5. The molecule has 0 amide bonds. The molecule has 0 spiro atoms. The molecule has 2 fully saturated rings. The zero-order chi connectivity index (χ0) is 12.5. The van der Waals surface area contributed by atoms with E-state index in [1.165, 1.54) is 6.42 Å². The lowest BCUT2D eigenvalue weighted by molar-refractivity contribution is -0.0732. The molecule has 1 N–H and O–H groups in total. The third-order valence-electron chi connectivity index (χ3n) is 4.77. The Morgan fingerprint density at radius 2 is 1.82 bits per heavy atom. The molecule has 0 aromatic carbocycles. The second kappa shape index (κ2) is 5.25. The van der Waals surface area contributed by atoms with E-state index in [1.54, 1.807) is 7.11 Å². The molecule has 0 aromatic rings. The van der Waals surface area contributed by atoms with E-state index in [-0.39, 0.29) is 11.5 Å². The van der Waals surface area contributed by atoms with E-state index < -0.39 is 0 Å². The fraction of sp³-hybridized carbons (Fsp3) is 1.00. The number of ether oxygens (including phenoxy) is 1. The zero-order valence-corrected chi connectivity index (χ0v) is 11.5. The van der Waals surface area contributed by atoms with Gasteiger partial charge in [-0.25, -0.2) is 0 Å². The quantitative estimate of drug-likeness (QED) is 0.803. The van der Waals surface area contributed by atoms with Crippen LogP contribution in [0.3, 0.4) is 0 Å². The summed E-state index contributed by atoms with van der Waals surface area (Å²) in [5, 5.41) is 10.5. The summed E-state index contributed by atoms with van der Waals surface area (Å²) in [5.74, 6) is 0. The molecule has 100 valence electrons. The van der Waals surface area contributed by atoms with Gasteiger partial charge < -0.3 is 9.84 Å². The smallest absolute Gasteiger partial charge is 0.0746 e. The fourth-order valence-electron chi connectivity index (χ4n) is 3.42. The molecular formula is C14H27NO2. The molecule has 1 saturated heterocycles. The first-order chi connectivity index (χ1) is 8.04.